The van der Waals surface area contributed by atoms with Crippen LogP contribution >= 0.6 is 0 Å². The van der Waals surface area contributed by atoms with Gasteiger partial charge in [0.15, 0.2) is 42.2 Å². The van der Waals surface area contributed by atoms with E-state index in [1.807, 2.05) is 0 Å². The summed E-state index contributed by atoms with van der Waals surface area (Å²) >= 11 is 0. The van der Waals surface area contributed by atoms with Gasteiger partial charge in [-0.2, -0.15) is 0 Å². The lowest BCUT2D eigenvalue weighted by atomic mass is 9.97. The number of fused-ring (bicyclic) bond motifs is 1. The van der Waals surface area contributed by atoms with Crippen LogP contribution < -0.4 is 14.9 Å². The van der Waals surface area contributed by atoms with Crippen molar-refractivity contribution < 1.29 is 124 Å². The molecule has 2 aromatic carbocycles. The van der Waals surface area contributed by atoms with E-state index in [1.165, 1.54) is 32.2 Å². The number of phenolic OH excluding ortho intramolecular Hbond substituents is 3. The molecule has 4 saturated heterocycles. The molecular weight excluding hydrogens is 896 g/mol. The molecule has 26 heteroatoms. The number of aliphatic hydroxyl groups excluding tert-OH is 12. The normalized spacial score (nSPS) is 39.7. The van der Waals surface area contributed by atoms with Crippen LogP contribution in [0.3, 0.4) is 0 Å². The molecule has 7 rings (SSSR count). The summed E-state index contributed by atoms with van der Waals surface area (Å²) in [6.45, 7) is -1.04. The summed E-state index contributed by atoms with van der Waals surface area (Å²) in [5.41, 5.74) is -1.49. The number of hydrogen-bond donors (Lipinski definition) is 15. The molecule has 26 nitrogen and oxygen atoms in total. The highest BCUT2D eigenvalue weighted by Gasteiger charge is 2.53. The predicted octanol–water partition coefficient (Wildman–Crippen LogP) is -5.74. The van der Waals surface area contributed by atoms with E-state index in [1.54, 1.807) is 0 Å². The minimum atomic E-state index is -2.15. The Balaban J connectivity index is 1.19. The summed E-state index contributed by atoms with van der Waals surface area (Å²) in [5.74, 6) is -2.96. The van der Waals surface area contributed by atoms with Crippen LogP contribution in [0.15, 0.2) is 39.5 Å². The molecule has 15 N–H and O–H groups in total. The molecule has 5 heterocycles. The van der Waals surface area contributed by atoms with E-state index in [0.29, 0.717) is 0 Å². The zero-order valence-corrected chi connectivity index (χ0v) is 34.8. The minimum Gasteiger partial charge on any atom is -0.508 e. The quantitative estimate of drug-likeness (QED) is 0.0759. The Morgan fingerprint density at radius 2 is 1.14 bits per heavy atom. The second-order valence-electron chi connectivity index (χ2n) is 16.1. The third-order valence-corrected chi connectivity index (χ3v) is 11.7. The predicted molar refractivity (Wildman–Crippen MR) is 210 cm³/mol. The molecule has 0 saturated carbocycles. The number of methoxy groups -OCH3 is 1. The Morgan fingerprint density at radius 3 is 1.74 bits per heavy atom. The van der Waals surface area contributed by atoms with E-state index in [4.69, 9.17) is 47.0 Å². The van der Waals surface area contributed by atoms with Crippen LogP contribution in [0.1, 0.15) is 6.92 Å². The van der Waals surface area contributed by atoms with Crippen LogP contribution in [0.5, 0.6) is 28.7 Å². The third-order valence-electron chi connectivity index (χ3n) is 11.7. The summed E-state index contributed by atoms with van der Waals surface area (Å²) in [5, 5.41) is 158. The molecule has 368 valence electrons. The smallest absolute Gasteiger partial charge is 0.239 e. The topological polar surface area (TPSA) is 417 Å². The van der Waals surface area contributed by atoms with Gasteiger partial charge in [0.2, 0.25) is 17.5 Å². The molecule has 4 aliphatic rings. The highest BCUT2D eigenvalue weighted by atomic mass is 16.8. The summed E-state index contributed by atoms with van der Waals surface area (Å²) < 4.78 is 56.8. The van der Waals surface area contributed by atoms with Gasteiger partial charge in [0.1, 0.15) is 108 Å². The van der Waals surface area contributed by atoms with Crippen molar-refractivity contribution in [1.82, 2.24) is 0 Å². The van der Waals surface area contributed by atoms with Gasteiger partial charge in [-0.3, -0.25) is 4.79 Å². The number of phenols is 3. The molecule has 0 bridgehead atoms. The van der Waals surface area contributed by atoms with E-state index in [2.05, 4.69) is 0 Å². The van der Waals surface area contributed by atoms with Crippen molar-refractivity contribution in [2.75, 3.05) is 26.9 Å². The standard InChI is InChI=1S/C40H52O26/c1-11-22(45)27(50)33(56)39(60-11)66-36-30(53)25(48)20(10-59-38-32(55)29(52)24(47)19(63-38)9-58-37-31(54)28(51)23(46)18(8-41)62-37)64-40(36)65-35-26(49)21-15(44)6-13(42)7-17(21)61-34(35)12-3-4-14(43)16(5-12)57-2/h3-7,11,18-20,22-25,27-33,36-48,50-56H,8-10H2,1-2H3/t11-,18+,19+,20+,22-,23+,24+,25+,27+,28-,29-,30-,31+,32+,33-,36+,37+,38+,39-,40-/m0/s1. The minimum absolute atomic E-state index is 0.0125. The zero-order chi connectivity index (χ0) is 48.0. The first-order chi connectivity index (χ1) is 31.2. The highest BCUT2D eigenvalue weighted by molar-refractivity contribution is 5.88. The monoisotopic (exact) mass is 948 g/mol. The maximum absolute atomic E-state index is 14.3. The maximum atomic E-state index is 14.3. The van der Waals surface area contributed by atoms with Crippen LogP contribution in [0, 0.1) is 0 Å². The fourth-order valence-electron chi connectivity index (χ4n) is 7.84. The number of rotatable bonds is 13. The fourth-order valence-corrected chi connectivity index (χ4v) is 7.84. The molecule has 20 atom stereocenters. The molecule has 66 heavy (non-hydrogen) atoms. The van der Waals surface area contributed by atoms with Crippen LogP contribution in [0.25, 0.3) is 22.3 Å². The van der Waals surface area contributed by atoms with E-state index < -0.39 is 176 Å². The first-order valence-corrected chi connectivity index (χ1v) is 20.4. The largest absolute Gasteiger partial charge is 0.508 e. The van der Waals surface area contributed by atoms with Crippen molar-refractivity contribution in [2.45, 2.75) is 130 Å². The lowest BCUT2D eigenvalue weighted by Crippen LogP contribution is -2.65. The zero-order valence-electron chi connectivity index (χ0n) is 34.8. The van der Waals surface area contributed by atoms with Gasteiger partial charge >= 0.3 is 0 Å². The van der Waals surface area contributed by atoms with Gasteiger partial charge in [-0.1, -0.05) is 0 Å². The first-order valence-electron chi connectivity index (χ1n) is 20.4. The van der Waals surface area contributed by atoms with Crippen molar-refractivity contribution >= 4 is 11.0 Å². The molecular formula is C40H52O26. The van der Waals surface area contributed by atoms with Gasteiger partial charge in [0.25, 0.3) is 0 Å². The molecule has 0 radical (unpaired) electrons. The second kappa shape index (κ2) is 20.2. The van der Waals surface area contributed by atoms with E-state index >= 15 is 0 Å². The maximum Gasteiger partial charge on any atom is 0.239 e. The molecule has 0 aliphatic carbocycles. The Morgan fingerprint density at radius 1 is 0.591 bits per heavy atom. The van der Waals surface area contributed by atoms with Crippen LogP contribution in [-0.4, -0.2) is 226 Å². The number of benzene rings is 2. The molecule has 0 unspecified atom stereocenters. The Labute approximate surface area is 371 Å². The highest BCUT2D eigenvalue weighted by Crippen LogP contribution is 2.41. The van der Waals surface area contributed by atoms with Gasteiger partial charge in [0, 0.05) is 17.7 Å². The average Bonchev–Trinajstić information content (AvgIpc) is 3.29. The molecule has 1 aromatic heterocycles. The van der Waals surface area contributed by atoms with Gasteiger partial charge in [-0.25, -0.2) is 0 Å². The van der Waals surface area contributed by atoms with Crippen LogP contribution in [0.4, 0.5) is 0 Å². The van der Waals surface area contributed by atoms with Crippen molar-refractivity contribution in [3.63, 3.8) is 0 Å². The Kier molecular flexibility index (Phi) is 15.3. The number of aromatic hydroxyl groups is 3. The molecule has 3 aromatic rings. The Bertz CT molecular complexity index is 2190. The first kappa shape index (κ1) is 49.8. The molecule has 0 spiro atoms. The summed E-state index contributed by atoms with van der Waals surface area (Å²) in [6.07, 6.45) is -36.3. The number of ether oxygens (including phenoxy) is 9. The lowest BCUT2D eigenvalue weighted by Gasteiger charge is -2.46. The van der Waals surface area contributed by atoms with E-state index in [-0.39, 0.29) is 22.6 Å². The van der Waals surface area contributed by atoms with E-state index in [9.17, 15) is 81.4 Å². The van der Waals surface area contributed by atoms with Gasteiger partial charge in [0.05, 0.1) is 33.0 Å². The van der Waals surface area contributed by atoms with E-state index in [0.717, 1.165) is 12.1 Å². The lowest BCUT2D eigenvalue weighted by molar-refractivity contribution is -0.362. The number of hydrogen-bond acceptors (Lipinski definition) is 26. The van der Waals surface area contributed by atoms with Crippen LogP contribution in [-0.2, 0) is 33.2 Å². The summed E-state index contributed by atoms with van der Waals surface area (Å²) in [7, 11) is 1.23. The van der Waals surface area contributed by atoms with Gasteiger partial charge < -0.3 is 124 Å². The third kappa shape index (κ3) is 9.63. The summed E-state index contributed by atoms with van der Waals surface area (Å²) in [6, 6.07) is 5.50. The number of aliphatic hydroxyl groups is 12. The van der Waals surface area contributed by atoms with Crippen molar-refractivity contribution in [3.8, 4) is 40.1 Å². The van der Waals surface area contributed by atoms with Crippen molar-refractivity contribution in [3.05, 3.63) is 40.6 Å². The van der Waals surface area contributed by atoms with Gasteiger partial charge in [-0.15, -0.1) is 0 Å². The van der Waals surface area contributed by atoms with Crippen molar-refractivity contribution in [1.29, 1.82) is 0 Å². The summed E-state index contributed by atoms with van der Waals surface area (Å²) in [4.78, 5) is 14.3. The Hall–Kier alpha value is -4.11. The molecule has 4 fully saturated rings. The average molecular weight is 949 g/mol. The fraction of sp³-hybridized carbons (Fsp3) is 0.625. The van der Waals surface area contributed by atoms with Gasteiger partial charge in [-0.05, 0) is 25.1 Å². The molecule has 0 amide bonds. The second-order valence-corrected chi connectivity index (χ2v) is 16.1. The van der Waals surface area contributed by atoms with Crippen molar-refractivity contribution in [2.24, 2.45) is 0 Å². The van der Waals surface area contributed by atoms with Crippen LogP contribution in [0.2, 0.25) is 0 Å². The molecule has 4 aliphatic heterocycles. The SMILES string of the molecule is COc1cc(-c2oc3cc(O)cc(O)c3c(=O)c2O[C@@H]2O[C@H](CO[C@@H]3O[C@H](CO[C@@H]4O[C@H](CO)[C@@H](O)[C@H](O)[C@H]4O)[C@@H](O)[C@H](O)[C@H]3O)[C@@H](O)[C@H](O)[C@H]2O[C@@H]2O[C@@H](C)[C@H](O)[C@@H](O)[C@@H]2O)ccc1O.